The third kappa shape index (κ3) is 3.90. The van der Waals surface area contributed by atoms with Crippen molar-refractivity contribution in [1.82, 2.24) is 14.3 Å². The molecule has 0 spiro atoms. The van der Waals surface area contributed by atoms with Crippen molar-refractivity contribution in [3.63, 3.8) is 0 Å². The molecule has 1 atom stereocenters. The smallest absolute Gasteiger partial charge is 0.249 e. The van der Waals surface area contributed by atoms with E-state index in [9.17, 15) is 13.2 Å². The van der Waals surface area contributed by atoms with Gasteiger partial charge in [-0.15, -0.1) is 12.4 Å². The SMILES string of the molecule is CC(c1ccc(-c2ccnc3[nH]c(=O)ccc23)cc1)N(C1CC1)[SH](=O)=O.Cl. The standard InChI is InChI=1S/C19H19N3O3S.ClH/c1-12(22(26(24)25)15-6-7-15)13-2-4-14(5-3-13)16-10-11-20-19-17(16)8-9-18(23)21-19;/h2-5,8-12,15,26H,6-7H2,1H3,(H,20,21,23);1H. The van der Waals surface area contributed by atoms with Gasteiger partial charge in [-0.1, -0.05) is 24.3 Å². The molecule has 0 aliphatic heterocycles. The number of aromatic amines is 1. The van der Waals surface area contributed by atoms with Crippen LogP contribution < -0.4 is 5.56 Å². The van der Waals surface area contributed by atoms with Crippen molar-refractivity contribution >= 4 is 34.3 Å². The van der Waals surface area contributed by atoms with Crippen LogP contribution in [0.5, 0.6) is 0 Å². The monoisotopic (exact) mass is 405 g/mol. The molecule has 3 aromatic rings. The molecule has 2 heterocycles. The summed E-state index contributed by atoms with van der Waals surface area (Å²) < 4.78 is 24.8. The summed E-state index contributed by atoms with van der Waals surface area (Å²) in [6.45, 7) is 1.92. The second-order valence-corrected chi connectivity index (χ2v) is 7.53. The number of thiol groups is 1. The van der Waals surface area contributed by atoms with Crippen molar-refractivity contribution < 1.29 is 8.42 Å². The first kappa shape index (κ1) is 19.5. The number of hydrogen-bond donors (Lipinski definition) is 2. The lowest BCUT2D eigenvalue weighted by molar-refractivity contribution is 0.345. The molecular formula is C19H20ClN3O3S. The van der Waals surface area contributed by atoms with E-state index in [2.05, 4.69) is 9.97 Å². The zero-order valence-electron chi connectivity index (χ0n) is 14.7. The highest BCUT2D eigenvalue weighted by Gasteiger charge is 2.34. The first-order valence-electron chi connectivity index (χ1n) is 8.55. The van der Waals surface area contributed by atoms with Gasteiger partial charge in [0.25, 0.3) is 0 Å². The van der Waals surface area contributed by atoms with Crippen molar-refractivity contribution in [2.24, 2.45) is 0 Å². The molecule has 1 N–H and O–H groups in total. The maximum atomic E-state index is 11.6. The van der Waals surface area contributed by atoms with Crippen LogP contribution in [0.1, 0.15) is 31.4 Å². The van der Waals surface area contributed by atoms with Gasteiger partial charge in [-0.05, 0) is 48.6 Å². The first-order valence-corrected chi connectivity index (χ1v) is 9.68. The fourth-order valence-corrected chi connectivity index (χ4v) is 4.25. The molecule has 142 valence electrons. The summed E-state index contributed by atoms with van der Waals surface area (Å²) in [4.78, 5) is 18.4. The van der Waals surface area contributed by atoms with Crippen LogP contribution in [0.25, 0.3) is 22.2 Å². The lowest BCUT2D eigenvalue weighted by atomic mass is 9.99. The molecule has 1 aromatic carbocycles. The molecule has 1 unspecified atom stereocenters. The van der Waals surface area contributed by atoms with Gasteiger partial charge in [0.05, 0.1) is 0 Å². The second kappa shape index (κ2) is 7.80. The average Bonchev–Trinajstić information content (AvgIpc) is 3.45. The summed E-state index contributed by atoms with van der Waals surface area (Å²) in [6, 6.07) is 13.0. The molecule has 1 aliphatic rings. The van der Waals surface area contributed by atoms with E-state index in [-0.39, 0.29) is 30.0 Å². The van der Waals surface area contributed by atoms with Gasteiger partial charge in [0, 0.05) is 29.7 Å². The highest BCUT2D eigenvalue weighted by Crippen LogP contribution is 2.35. The quantitative estimate of drug-likeness (QED) is 0.639. The van der Waals surface area contributed by atoms with E-state index in [0.717, 1.165) is 34.9 Å². The summed E-state index contributed by atoms with van der Waals surface area (Å²) in [5, 5.41) is 0.871. The number of nitrogens with one attached hydrogen (secondary N) is 1. The van der Waals surface area contributed by atoms with E-state index in [4.69, 9.17) is 0 Å². The Kier molecular flexibility index (Phi) is 5.64. The number of rotatable bonds is 5. The number of fused-ring (bicyclic) bond motifs is 1. The topological polar surface area (TPSA) is 83.1 Å². The Balaban J connectivity index is 0.00000210. The van der Waals surface area contributed by atoms with Crippen LogP contribution in [0.4, 0.5) is 0 Å². The van der Waals surface area contributed by atoms with Crippen molar-refractivity contribution in [3.05, 3.63) is 64.6 Å². The van der Waals surface area contributed by atoms with E-state index in [1.165, 1.54) is 6.07 Å². The van der Waals surface area contributed by atoms with Gasteiger partial charge in [-0.25, -0.2) is 13.4 Å². The van der Waals surface area contributed by atoms with Crippen LogP contribution in [0.3, 0.4) is 0 Å². The Hall–Kier alpha value is -2.22. The van der Waals surface area contributed by atoms with E-state index in [1.54, 1.807) is 16.6 Å². The third-order valence-electron chi connectivity index (χ3n) is 4.84. The Labute approximate surface area is 164 Å². The molecule has 0 radical (unpaired) electrons. The van der Waals surface area contributed by atoms with Gasteiger partial charge in [0.1, 0.15) is 5.65 Å². The minimum Gasteiger partial charge on any atom is -0.307 e. The normalized spacial score (nSPS) is 15.1. The molecule has 2 aromatic heterocycles. The Morgan fingerprint density at radius 3 is 2.44 bits per heavy atom. The van der Waals surface area contributed by atoms with Gasteiger partial charge < -0.3 is 4.98 Å². The second-order valence-electron chi connectivity index (χ2n) is 6.59. The zero-order chi connectivity index (χ0) is 18.3. The summed E-state index contributed by atoms with van der Waals surface area (Å²) in [5.41, 5.74) is 3.30. The fourth-order valence-electron chi connectivity index (χ4n) is 3.33. The fraction of sp³-hybridized carbons (Fsp3) is 0.263. The van der Waals surface area contributed by atoms with Crippen molar-refractivity contribution in [3.8, 4) is 11.1 Å². The third-order valence-corrected chi connectivity index (χ3v) is 5.89. The molecule has 0 saturated heterocycles. The number of pyridine rings is 2. The highest BCUT2D eigenvalue weighted by atomic mass is 35.5. The van der Waals surface area contributed by atoms with Gasteiger partial charge in [-0.2, -0.15) is 4.31 Å². The largest absolute Gasteiger partial charge is 0.307 e. The number of hydrogen-bond acceptors (Lipinski definition) is 4. The van der Waals surface area contributed by atoms with Crippen LogP contribution in [0, 0.1) is 0 Å². The summed E-state index contributed by atoms with van der Waals surface area (Å²) >= 11 is 0. The number of benzene rings is 1. The first-order chi connectivity index (χ1) is 12.5. The van der Waals surface area contributed by atoms with E-state index in [1.807, 2.05) is 37.3 Å². The van der Waals surface area contributed by atoms with Gasteiger partial charge in [0.2, 0.25) is 16.4 Å². The average molecular weight is 406 g/mol. The maximum Gasteiger partial charge on any atom is 0.249 e. The molecule has 6 nitrogen and oxygen atoms in total. The van der Waals surface area contributed by atoms with Crippen molar-refractivity contribution in [2.45, 2.75) is 31.8 Å². The molecule has 4 rings (SSSR count). The van der Waals surface area contributed by atoms with Crippen LogP contribution >= 0.6 is 12.4 Å². The minimum atomic E-state index is -2.59. The Bertz CT molecular complexity index is 1080. The zero-order valence-corrected chi connectivity index (χ0v) is 16.4. The van der Waals surface area contributed by atoms with Crippen LogP contribution in [-0.4, -0.2) is 28.7 Å². The number of nitrogens with zero attached hydrogens (tertiary/aromatic N) is 2. The predicted molar refractivity (Wildman–Crippen MR) is 109 cm³/mol. The van der Waals surface area contributed by atoms with Crippen LogP contribution in [0.15, 0.2) is 53.5 Å². The van der Waals surface area contributed by atoms with E-state index in [0.29, 0.717) is 5.65 Å². The number of H-pyrrole nitrogens is 1. The van der Waals surface area contributed by atoms with Gasteiger partial charge >= 0.3 is 0 Å². The van der Waals surface area contributed by atoms with Crippen molar-refractivity contribution in [1.29, 1.82) is 0 Å². The maximum absolute atomic E-state index is 11.6. The molecule has 1 aliphatic carbocycles. The molecule has 1 fully saturated rings. The van der Waals surface area contributed by atoms with E-state index >= 15 is 0 Å². The number of halogens is 1. The summed E-state index contributed by atoms with van der Waals surface area (Å²) in [6.07, 6.45) is 3.54. The molecule has 1 saturated carbocycles. The van der Waals surface area contributed by atoms with Crippen molar-refractivity contribution in [2.75, 3.05) is 0 Å². The van der Waals surface area contributed by atoms with Crippen LogP contribution in [-0.2, 0) is 10.9 Å². The predicted octanol–water partition coefficient (Wildman–Crippen LogP) is 3.06. The number of aromatic nitrogens is 2. The minimum absolute atomic E-state index is 0. The lowest BCUT2D eigenvalue weighted by Crippen LogP contribution is -2.27. The van der Waals surface area contributed by atoms with E-state index < -0.39 is 10.9 Å². The Morgan fingerprint density at radius 1 is 1.11 bits per heavy atom. The molecular weight excluding hydrogens is 386 g/mol. The molecule has 0 bridgehead atoms. The van der Waals surface area contributed by atoms with Gasteiger partial charge in [-0.3, -0.25) is 4.79 Å². The summed E-state index contributed by atoms with van der Waals surface area (Å²) in [7, 11) is -2.59. The lowest BCUT2D eigenvalue weighted by Gasteiger charge is -2.23. The van der Waals surface area contributed by atoms with Crippen LogP contribution in [0.2, 0.25) is 0 Å². The molecule has 0 amide bonds. The summed E-state index contributed by atoms with van der Waals surface area (Å²) in [5.74, 6) is 0. The molecule has 8 heteroatoms. The van der Waals surface area contributed by atoms with Gasteiger partial charge in [0.15, 0.2) is 0 Å². The Morgan fingerprint density at radius 2 is 1.81 bits per heavy atom. The molecule has 27 heavy (non-hydrogen) atoms. The highest BCUT2D eigenvalue weighted by molar-refractivity contribution is 7.69.